The van der Waals surface area contributed by atoms with Crippen molar-refractivity contribution in [2.45, 2.75) is 26.8 Å². The summed E-state index contributed by atoms with van der Waals surface area (Å²) in [5, 5.41) is 7.96. The number of hydrogen-bond donors (Lipinski definition) is 1. The zero-order valence-electron chi connectivity index (χ0n) is 13.7. The summed E-state index contributed by atoms with van der Waals surface area (Å²) in [6, 6.07) is 8.54. The van der Waals surface area contributed by atoms with Crippen LogP contribution < -0.4 is 10.2 Å². The van der Waals surface area contributed by atoms with E-state index in [1.165, 1.54) is 22.5 Å². The molecule has 5 heteroatoms. The van der Waals surface area contributed by atoms with Gasteiger partial charge in [0.25, 0.3) is 0 Å². The SMILES string of the molecule is CN=C(NCc1c(C)nn(C)c1C)N1CCc2ccccc21. The lowest BCUT2D eigenvalue weighted by Gasteiger charge is -2.22. The van der Waals surface area contributed by atoms with Gasteiger partial charge in [-0.25, -0.2) is 0 Å². The molecule has 1 aromatic heterocycles. The molecule has 0 saturated carbocycles. The minimum Gasteiger partial charge on any atom is -0.352 e. The maximum atomic E-state index is 4.47. The first-order valence-corrected chi connectivity index (χ1v) is 7.67. The summed E-state index contributed by atoms with van der Waals surface area (Å²) >= 11 is 0. The van der Waals surface area contributed by atoms with Gasteiger partial charge in [0.05, 0.1) is 5.69 Å². The molecule has 5 nitrogen and oxygen atoms in total. The first-order valence-electron chi connectivity index (χ1n) is 7.67. The molecule has 1 aromatic carbocycles. The molecule has 1 N–H and O–H groups in total. The van der Waals surface area contributed by atoms with Crippen LogP contribution in [0.1, 0.15) is 22.5 Å². The van der Waals surface area contributed by atoms with Crippen molar-refractivity contribution in [2.75, 3.05) is 18.5 Å². The highest BCUT2D eigenvalue weighted by Crippen LogP contribution is 2.27. The van der Waals surface area contributed by atoms with Gasteiger partial charge >= 0.3 is 0 Å². The molecule has 0 fully saturated rings. The Hall–Kier alpha value is -2.30. The lowest BCUT2D eigenvalue weighted by Crippen LogP contribution is -2.40. The van der Waals surface area contributed by atoms with Gasteiger partial charge in [0.2, 0.25) is 0 Å². The van der Waals surface area contributed by atoms with E-state index in [4.69, 9.17) is 0 Å². The van der Waals surface area contributed by atoms with Crippen LogP contribution in [0, 0.1) is 13.8 Å². The number of aromatic nitrogens is 2. The number of aryl methyl sites for hydroxylation is 2. The molecule has 0 amide bonds. The summed E-state index contributed by atoms with van der Waals surface area (Å²) in [7, 11) is 3.82. The minimum atomic E-state index is 0.747. The fourth-order valence-electron chi connectivity index (χ4n) is 3.09. The topological polar surface area (TPSA) is 45.5 Å². The van der Waals surface area contributed by atoms with Crippen LogP contribution in [0.5, 0.6) is 0 Å². The highest BCUT2D eigenvalue weighted by Gasteiger charge is 2.22. The zero-order valence-corrected chi connectivity index (χ0v) is 13.7. The van der Waals surface area contributed by atoms with E-state index in [2.05, 4.69) is 58.4 Å². The number of nitrogens with zero attached hydrogens (tertiary/aromatic N) is 4. The van der Waals surface area contributed by atoms with E-state index in [1.54, 1.807) is 0 Å². The normalized spacial score (nSPS) is 14.4. The second kappa shape index (κ2) is 5.83. The van der Waals surface area contributed by atoms with Crippen molar-refractivity contribution in [3.63, 3.8) is 0 Å². The van der Waals surface area contributed by atoms with Crippen molar-refractivity contribution in [3.05, 3.63) is 46.8 Å². The van der Waals surface area contributed by atoms with Crippen molar-refractivity contribution >= 4 is 11.6 Å². The Bertz CT molecular complexity index is 714. The Morgan fingerprint density at radius 3 is 2.77 bits per heavy atom. The molecule has 116 valence electrons. The van der Waals surface area contributed by atoms with Crippen molar-refractivity contribution < 1.29 is 0 Å². The number of guanidine groups is 1. The van der Waals surface area contributed by atoms with Crippen molar-refractivity contribution in [2.24, 2.45) is 12.0 Å². The number of aliphatic imine (C=N–C) groups is 1. The van der Waals surface area contributed by atoms with Crippen LogP contribution in [-0.2, 0) is 20.0 Å². The molecule has 0 unspecified atom stereocenters. The lowest BCUT2D eigenvalue weighted by molar-refractivity contribution is 0.729. The van der Waals surface area contributed by atoms with E-state index >= 15 is 0 Å². The van der Waals surface area contributed by atoms with E-state index in [-0.39, 0.29) is 0 Å². The summed E-state index contributed by atoms with van der Waals surface area (Å²) in [6.45, 7) is 5.88. The fraction of sp³-hybridized carbons (Fsp3) is 0.412. The molecular weight excluding hydrogens is 274 g/mol. The zero-order chi connectivity index (χ0) is 15.7. The predicted molar refractivity (Wildman–Crippen MR) is 90.4 cm³/mol. The maximum Gasteiger partial charge on any atom is 0.198 e. The quantitative estimate of drug-likeness (QED) is 0.682. The number of nitrogens with one attached hydrogen (secondary N) is 1. The largest absolute Gasteiger partial charge is 0.352 e. The first kappa shape index (κ1) is 14.6. The van der Waals surface area contributed by atoms with Crippen molar-refractivity contribution in [3.8, 4) is 0 Å². The highest BCUT2D eigenvalue weighted by molar-refractivity contribution is 5.97. The molecule has 0 spiro atoms. The van der Waals surface area contributed by atoms with Gasteiger partial charge < -0.3 is 10.2 Å². The van der Waals surface area contributed by atoms with E-state index < -0.39 is 0 Å². The number of anilines is 1. The molecule has 0 saturated heterocycles. The molecule has 0 radical (unpaired) electrons. The van der Waals surface area contributed by atoms with Crippen molar-refractivity contribution in [1.82, 2.24) is 15.1 Å². The maximum absolute atomic E-state index is 4.47. The molecular formula is C17H23N5. The van der Waals surface area contributed by atoms with E-state index in [9.17, 15) is 0 Å². The van der Waals surface area contributed by atoms with Crippen LogP contribution in [0.3, 0.4) is 0 Å². The van der Waals surface area contributed by atoms with E-state index in [1.807, 2.05) is 18.8 Å². The summed E-state index contributed by atoms with van der Waals surface area (Å²) < 4.78 is 1.93. The van der Waals surface area contributed by atoms with Crippen LogP contribution >= 0.6 is 0 Å². The molecule has 1 aliphatic heterocycles. The van der Waals surface area contributed by atoms with E-state index in [0.29, 0.717) is 0 Å². The number of rotatable bonds is 2. The van der Waals surface area contributed by atoms with E-state index in [0.717, 1.165) is 31.2 Å². The standard InChI is InChI=1S/C17H23N5/c1-12-15(13(2)21(4)20-12)11-19-17(18-3)22-10-9-14-7-5-6-8-16(14)22/h5-8H,9-11H2,1-4H3,(H,18,19). The Morgan fingerprint density at radius 2 is 2.09 bits per heavy atom. The predicted octanol–water partition coefficient (Wildman–Crippen LogP) is 2.18. The summed E-state index contributed by atoms with van der Waals surface area (Å²) in [5.41, 5.74) is 6.16. The summed E-state index contributed by atoms with van der Waals surface area (Å²) in [4.78, 5) is 6.71. The van der Waals surface area contributed by atoms with Gasteiger partial charge in [0.15, 0.2) is 5.96 Å². The average Bonchev–Trinajstić information content (AvgIpc) is 3.04. The fourth-order valence-corrected chi connectivity index (χ4v) is 3.09. The van der Waals surface area contributed by atoms with Gasteiger partial charge in [0.1, 0.15) is 0 Å². The smallest absolute Gasteiger partial charge is 0.198 e. The van der Waals surface area contributed by atoms with Gasteiger partial charge in [-0.1, -0.05) is 18.2 Å². The number of para-hydroxylation sites is 1. The second-order valence-electron chi connectivity index (χ2n) is 5.70. The molecule has 0 bridgehead atoms. The monoisotopic (exact) mass is 297 g/mol. The van der Waals surface area contributed by atoms with Gasteiger partial charge in [-0.05, 0) is 31.9 Å². The van der Waals surface area contributed by atoms with Crippen LogP contribution in [0.4, 0.5) is 5.69 Å². The number of hydrogen-bond acceptors (Lipinski definition) is 2. The summed E-state index contributed by atoms with van der Waals surface area (Å²) in [5.74, 6) is 0.924. The molecule has 0 aliphatic carbocycles. The highest BCUT2D eigenvalue weighted by atomic mass is 15.3. The van der Waals surface area contributed by atoms with Gasteiger partial charge in [-0.15, -0.1) is 0 Å². The first-order chi connectivity index (χ1) is 10.6. The average molecular weight is 297 g/mol. The minimum absolute atomic E-state index is 0.747. The second-order valence-corrected chi connectivity index (χ2v) is 5.70. The lowest BCUT2D eigenvalue weighted by atomic mass is 10.2. The van der Waals surface area contributed by atoms with Crippen LogP contribution in [0.2, 0.25) is 0 Å². The summed E-state index contributed by atoms with van der Waals surface area (Å²) in [6.07, 6.45) is 1.07. The Balaban J connectivity index is 1.77. The number of fused-ring (bicyclic) bond motifs is 1. The van der Waals surface area contributed by atoms with Gasteiger partial charge in [0, 0.05) is 44.1 Å². The molecule has 0 atom stereocenters. The van der Waals surface area contributed by atoms with Crippen LogP contribution in [0.15, 0.2) is 29.3 Å². The Kier molecular flexibility index (Phi) is 3.88. The molecule has 22 heavy (non-hydrogen) atoms. The molecule has 2 heterocycles. The third kappa shape index (κ3) is 2.47. The molecule has 2 aromatic rings. The Labute approximate surface area is 131 Å². The van der Waals surface area contributed by atoms with Gasteiger partial charge in [-0.2, -0.15) is 5.10 Å². The third-order valence-corrected chi connectivity index (χ3v) is 4.44. The van der Waals surface area contributed by atoms with Crippen LogP contribution in [-0.4, -0.2) is 29.3 Å². The third-order valence-electron chi connectivity index (χ3n) is 4.44. The molecule has 3 rings (SSSR count). The number of benzene rings is 1. The Morgan fingerprint density at radius 1 is 1.32 bits per heavy atom. The van der Waals surface area contributed by atoms with Crippen molar-refractivity contribution in [1.29, 1.82) is 0 Å². The van der Waals surface area contributed by atoms with Crippen LogP contribution in [0.25, 0.3) is 0 Å². The van der Waals surface area contributed by atoms with Gasteiger partial charge in [-0.3, -0.25) is 9.67 Å². The molecule has 1 aliphatic rings.